The molecule has 3 atom stereocenters. The molecule has 3 heteroatoms. The molecular weight excluding hydrogens is 288 g/mol. The van der Waals surface area contributed by atoms with Crippen molar-refractivity contribution >= 4 is 5.97 Å². The second-order valence-corrected chi connectivity index (χ2v) is 7.80. The number of carboxylic acid groups (broad SMARTS) is 1. The van der Waals surface area contributed by atoms with Gasteiger partial charge in [-0.3, -0.25) is 0 Å². The third-order valence-corrected chi connectivity index (χ3v) is 5.49. The van der Waals surface area contributed by atoms with E-state index < -0.39 is 5.97 Å². The second kappa shape index (κ2) is 7.37. The summed E-state index contributed by atoms with van der Waals surface area (Å²) in [5.41, 5.74) is 0.725. The van der Waals surface area contributed by atoms with E-state index in [1.165, 1.54) is 25.7 Å². The first-order valence-electron chi connectivity index (χ1n) is 8.79. The topological polar surface area (TPSA) is 46.5 Å². The molecule has 3 unspecified atom stereocenters. The first kappa shape index (κ1) is 17.8. The summed E-state index contributed by atoms with van der Waals surface area (Å²) in [5, 5.41) is 8.92. The normalized spacial score (nSPS) is 24.9. The van der Waals surface area contributed by atoms with Crippen LogP contribution in [0.15, 0.2) is 24.3 Å². The van der Waals surface area contributed by atoms with Crippen LogP contribution in [-0.2, 0) is 0 Å². The van der Waals surface area contributed by atoms with Crippen LogP contribution in [-0.4, -0.2) is 17.2 Å². The molecule has 0 spiro atoms. The van der Waals surface area contributed by atoms with Crippen LogP contribution in [0.25, 0.3) is 0 Å². The lowest BCUT2D eigenvalue weighted by Crippen LogP contribution is -2.34. The summed E-state index contributed by atoms with van der Waals surface area (Å²) >= 11 is 0. The first-order chi connectivity index (χ1) is 10.8. The van der Waals surface area contributed by atoms with Gasteiger partial charge in [0.15, 0.2) is 0 Å². The van der Waals surface area contributed by atoms with Gasteiger partial charge in [0, 0.05) is 0 Å². The fourth-order valence-electron chi connectivity index (χ4n) is 4.09. The second-order valence-electron chi connectivity index (χ2n) is 7.80. The standard InChI is InChI=1S/C20H30O3/c1-14-6-5-13-20(3,4)18(14)12-7-15(2)23-17-10-8-16(9-11-17)19(21)22/h8-11,14-15,18H,5-7,12-13H2,1-4H3,(H,21,22). The SMILES string of the molecule is CC(CCC1C(C)CCCC1(C)C)Oc1ccc(C(=O)O)cc1. The quantitative estimate of drug-likeness (QED) is 0.764. The van der Waals surface area contributed by atoms with E-state index in [0.29, 0.717) is 11.0 Å². The number of rotatable bonds is 6. The van der Waals surface area contributed by atoms with Gasteiger partial charge in [-0.2, -0.15) is 0 Å². The fourth-order valence-corrected chi connectivity index (χ4v) is 4.09. The molecule has 3 nitrogen and oxygen atoms in total. The van der Waals surface area contributed by atoms with Crippen molar-refractivity contribution in [3.63, 3.8) is 0 Å². The number of hydrogen-bond acceptors (Lipinski definition) is 2. The molecule has 1 N–H and O–H groups in total. The minimum absolute atomic E-state index is 0.149. The van der Waals surface area contributed by atoms with Crippen molar-refractivity contribution in [1.29, 1.82) is 0 Å². The van der Waals surface area contributed by atoms with Crippen molar-refractivity contribution < 1.29 is 14.6 Å². The molecule has 1 saturated carbocycles. The maximum absolute atomic E-state index is 10.9. The van der Waals surface area contributed by atoms with Crippen molar-refractivity contribution in [2.75, 3.05) is 0 Å². The Labute approximate surface area is 140 Å². The van der Waals surface area contributed by atoms with Crippen LogP contribution in [0.2, 0.25) is 0 Å². The largest absolute Gasteiger partial charge is 0.491 e. The highest BCUT2D eigenvalue weighted by Crippen LogP contribution is 2.46. The molecule has 1 fully saturated rings. The van der Waals surface area contributed by atoms with Gasteiger partial charge >= 0.3 is 5.97 Å². The third-order valence-electron chi connectivity index (χ3n) is 5.49. The molecule has 1 aliphatic carbocycles. The number of hydrogen-bond donors (Lipinski definition) is 1. The van der Waals surface area contributed by atoms with Crippen LogP contribution in [0.1, 0.15) is 70.2 Å². The van der Waals surface area contributed by atoms with Gasteiger partial charge in [0.2, 0.25) is 0 Å². The molecule has 1 aromatic rings. The molecule has 0 heterocycles. The van der Waals surface area contributed by atoms with E-state index in [4.69, 9.17) is 9.84 Å². The van der Waals surface area contributed by atoms with Gasteiger partial charge in [0.05, 0.1) is 11.7 Å². The van der Waals surface area contributed by atoms with E-state index in [9.17, 15) is 4.79 Å². The van der Waals surface area contributed by atoms with Crippen LogP contribution in [0, 0.1) is 17.3 Å². The van der Waals surface area contributed by atoms with Gasteiger partial charge in [-0.05, 0) is 67.7 Å². The summed E-state index contributed by atoms with van der Waals surface area (Å²) in [4.78, 5) is 10.9. The predicted molar refractivity (Wildman–Crippen MR) is 93.0 cm³/mol. The molecule has 23 heavy (non-hydrogen) atoms. The van der Waals surface area contributed by atoms with E-state index in [-0.39, 0.29) is 6.10 Å². The minimum atomic E-state index is -0.905. The van der Waals surface area contributed by atoms with E-state index in [1.807, 2.05) is 0 Å². The van der Waals surface area contributed by atoms with E-state index in [2.05, 4.69) is 27.7 Å². The highest BCUT2D eigenvalue weighted by Gasteiger charge is 2.36. The maximum Gasteiger partial charge on any atom is 0.335 e. The van der Waals surface area contributed by atoms with Gasteiger partial charge in [0.25, 0.3) is 0 Å². The van der Waals surface area contributed by atoms with Crippen LogP contribution in [0.3, 0.4) is 0 Å². The number of carbonyl (C=O) groups is 1. The summed E-state index contributed by atoms with van der Waals surface area (Å²) in [6.45, 7) is 9.31. The van der Waals surface area contributed by atoms with Crippen LogP contribution >= 0.6 is 0 Å². The lowest BCUT2D eigenvalue weighted by molar-refractivity contribution is 0.0637. The summed E-state index contributed by atoms with van der Waals surface area (Å²) < 4.78 is 5.95. The van der Waals surface area contributed by atoms with Gasteiger partial charge < -0.3 is 9.84 Å². The summed E-state index contributed by atoms with van der Waals surface area (Å²) in [7, 11) is 0. The number of carboxylic acids is 1. The number of aromatic carboxylic acids is 1. The molecule has 0 radical (unpaired) electrons. The Bertz CT molecular complexity index is 518. The van der Waals surface area contributed by atoms with E-state index >= 15 is 0 Å². The molecule has 1 aliphatic rings. The molecule has 0 aliphatic heterocycles. The smallest absolute Gasteiger partial charge is 0.335 e. The van der Waals surface area contributed by atoms with Gasteiger partial charge in [-0.1, -0.05) is 33.6 Å². The zero-order chi connectivity index (χ0) is 17.0. The van der Waals surface area contributed by atoms with E-state index in [0.717, 1.165) is 24.0 Å². The molecule has 128 valence electrons. The molecule has 0 aromatic heterocycles. The Morgan fingerprint density at radius 3 is 2.57 bits per heavy atom. The Kier molecular flexibility index (Phi) is 5.72. The zero-order valence-electron chi connectivity index (χ0n) is 14.8. The van der Waals surface area contributed by atoms with Crippen molar-refractivity contribution in [3.05, 3.63) is 29.8 Å². The predicted octanol–water partition coefficient (Wildman–Crippen LogP) is 5.39. The third kappa shape index (κ3) is 4.73. The Morgan fingerprint density at radius 2 is 2.00 bits per heavy atom. The fraction of sp³-hybridized carbons (Fsp3) is 0.650. The van der Waals surface area contributed by atoms with Crippen molar-refractivity contribution in [3.8, 4) is 5.75 Å². The van der Waals surface area contributed by atoms with E-state index in [1.54, 1.807) is 24.3 Å². The number of benzene rings is 1. The number of ether oxygens (including phenoxy) is 1. The summed E-state index contributed by atoms with van der Waals surface area (Å²) in [6.07, 6.45) is 6.41. The first-order valence-corrected chi connectivity index (χ1v) is 8.79. The Morgan fingerprint density at radius 1 is 1.35 bits per heavy atom. The average molecular weight is 318 g/mol. The van der Waals surface area contributed by atoms with Gasteiger partial charge in [-0.25, -0.2) is 4.79 Å². The highest BCUT2D eigenvalue weighted by atomic mass is 16.5. The lowest BCUT2D eigenvalue weighted by atomic mass is 9.62. The van der Waals surface area contributed by atoms with Gasteiger partial charge in [0.1, 0.15) is 5.75 Å². The average Bonchev–Trinajstić information content (AvgIpc) is 2.46. The zero-order valence-corrected chi connectivity index (χ0v) is 14.8. The minimum Gasteiger partial charge on any atom is -0.491 e. The van der Waals surface area contributed by atoms with Crippen LogP contribution in [0.5, 0.6) is 5.75 Å². The molecule has 0 bridgehead atoms. The van der Waals surface area contributed by atoms with Crippen molar-refractivity contribution in [2.45, 2.75) is 65.9 Å². The van der Waals surface area contributed by atoms with Gasteiger partial charge in [-0.15, -0.1) is 0 Å². The summed E-state index contributed by atoms with van der Waals surface area (Å²) in [6, 6.07) is 6.67. The Hall–Kier alpha value is -1.51. The lowest BCUT2D eigenvalue weighted by Gasteiger charge is -2.43. The monoisotopic (exact) mass is 318 g/mol. The van der Waals surface area contributed by atoms with Crippen LogP contribution in [0.4, 0.5) is 0 Å². The van der Waals surface area contributed by atoms with Crippen molar-refractivity contribution in [1.82, 2.24) is 0 Å². The molecule has 1 aromatic carbocycles. The molecular formula is C20H30O3. The molecule has 0 saturated heterocycles. The van der Waals surface area contributed by atoms with Crippen LogP contribution < -0.4 is 4.74 Å². The Balaban J connectivity index is 1.87. The maximum atomic E-state index is 10.9. The molecule has 2 rings (SSSR count). The summed E-state index contributed by atoms with van der Waals surface area (Å²) in [5.74, 6) is 1.40. The molecule has 0 amide bonds. The highest BCUT2D eigenvalue weighted by molar-refractivity contribution is 5.87. The van der Waals surface area contributed by atoms with Crippen molar-refractivity contribution in [2.24, 2.45) is 17.3 Å².